The molecular weight excluding hydrogens is 244 g/mol. The van der Waals surface area contributed by atoms with Gasteiger partial charge in [0.15, 0.2) is 0 Å². The van der Waals surface area contributed by atoms with Gasteiger partial charge in [0, 0.05) is 12.6 Å². The lowest BCUT2D eigenvalue weighted by atomic mass is 9.76. The standard InChI is InChI=1S/C14H26N2O3/c1-4-10(12(17)18)9-15-13(19)16-11-5-7-14(2,3)8-6-11/h10-11H,4-9H2,1-3H3,(H,17,18)(H2,15,16,19). The van der Waals surface area contributed by atoms with E-state index in [1.165, 1.54) is 0 Å². The van der Waals surface area contributed by atoms with Crippen molar-refractivity contribution in [3.05, 3.63) is 0 Å². The zero-order chi connectivity index (χ0) is 14.5. The molecule has 0 aromatic carbocycles. The molecule has 0 heterocycles. The van der Waals surface area contributed by atoms with Gasteiger partial charge in [0.2, 0.25) is 0 Å². The molecule has 0 bridgehead atoms. The highest BCUT2D eigenvalue weighted by atomic mass is 16.4. The van der Waals surface area contributed by atoms with Gasteiger partial charge in [-0.05, 0) is 37.5 Å². The van der Waals surface area contributed by atoms with Crippen molar-refractivity contribution < 1.29 is 14.7 Å². The van der Waals surface area contributed by atoms with Gasteiger partial charge in [-0.25, -0.2) is 4.79 Å². The molecule has 1 fully saturated rings. The molecule has 0 aromatic heterocycles. The number of carbonyl (C=O) groups excluding carboxylic acids is 1. The predicted molar refractivity (Wildman–Crippen MR) is 74.0 cm³/mol. The van der Waals surface area contributed by atoms with Crippen LogP contribution in [0.4, 0.5) is 4.79 Å². The van der Waals surface area contributed by atoms with Crippen molar-refractivity contribution in [3.8, 4) is 0 Å². The molecule has 0 aromatic rings. The van der Waals surface area contributed by atoms with Crippen LogP contribution in [0, 0.1) is 11.3 Å². The molecule has 1 atom stereocenters. The summed E-state index contributed by atoms with van der Waals surface area (Å²) >= 11 is 0. The van der Waals surface area contributed by atoms with E-state index in [1.54, 1.807) is 0 Å². The van der Waals surface area contributed by atoms with Crippen LogP contribution in [0.1, 0.15) is 52.9 Å². The summed E-state index contributed by atoms with van der Waals surface area (Å²) in [5.41, 5.74) is 0.380. The van der Waals surface area contributed by atoms with Crippen LogP contribution in [0.5, 0.6) is 0 Å². The van der Waals surface area contributed by atoms with Crippen molar-refractivity contribution in [2.24, 2.45) is 11.3 Å². The molecule has 1 aliphatic rings. The maximum absolute atomic E-state index is 11.7. The molecule has 1 saturated carbocycles. The number of carboxylic acids is 1. The minimum absolute atomic E-state index is 0.190. The third kappa shape index (κ3) is 5.49. The number of carbonyl (C=O) groups is 2. The van der Waals surface area contributed by atoms with Crippen LogP contribution in [-0.4, -0.2) is 29.7 Å². The molecule has 0 saturated heterocycles. The minimum Gasteiger partial charge on any atom is -0.481 e. The van der Waals surface area contributed by atoms with E-state index in [2.05, 4.69) is 24.5 Å². The van der Waals surface area contributed by atoms with Gasteiger partial charge < -0.3 is 15.7 Å². The van der Waals surface area contributed by atoms with Gasteiger partial charge in [0.1, 0.15) is 0 Å². The fourth-order valence-corrected chi connectivity index (χ4v) is 2.40. The summed E-state index contributed by atoms with van der Waals surface area (Å²) in [6.07, 6.45) is 4.75. The van der Waals surface area contributed by atoms with Crippen molar-refractivity contribution >= 4 is 12.0 Å². The lowest BCUT2D eigenvalue weighted by Gasteiger charge is -2.34. The Labute approximate surface area is 115 Å². The molecule has 5 heteroatoms. The van der Waals surface area contributed by atoms with Crippen LogP contribution in [0.25, 0.3) is 0 Å². The molecule has 2 amide bonds. The first-order valence-corrected chi connectivity index (χ1v) is 7.11. The molecule has 5 nitrogen and oxygen atoms in total. The Bertz CT molecular complexity index is 319. The first kappa shape index (κ1) is 15.8. The van der Waals surface area contributed by atoms with Gasteiger partial charge in [-0.3, -0.25) is 4.79 Å². The molecular formula is C14H26N2O3. The first-order valence-electron chi connectivity index (χ1n) is 7.11. The summed E-state index contributed by atoms with van der Waals surface area (Å²) in [6, 6.07) is -0.0256. The predicted octanol–water partition coefficient (Wildman–Crippen LogP) is 2.37. The number of amides is 2. The van der Waals surface area contributed by atoms with Gasteiger partial charge in [0.05, 0.1) is 5.92 Å². The van der Waals surface area contributed by atoms with Crippen LogP contribution in [0.2, 0.25) is 0 Å². The Morgan fingerprint density at radius 2 is 1.89 bits per heavy atom. The van der Waals surface area contributed by atoms with Gasteiger partial charge in [-0.2, -0.15) is 0 Å². The van der Waals surface area contributed by atoms with Crippen LogP contribution < -0.4 is 10.6 Å². The van der Waals surface area contributed by atoms with Crippen molar-refractivity contribution in [2.75, 3.05) is 6.54 Å². The second kappa shape index (κ2) is 6.78. The van der Waals surface area contributed by atoms with Gasteiger partial charge in [-0.1, -0.05) is 20.8 Å². The van der Waals surface area contributed by atoms with Crippen molar-refractivity contribution in [3.63, 3.8) is 0 Å². The second-order valence-electron chi connectivity index (χ2n) is 6.24. The van der Waals surface area contributed by atoms with Crippen LogP contribution in [-0.2, 0) is 4.79 Å². The topological polar surface area (TPSA) is 78.4 Å². The van der Waals surface area contributed by atoms with Gasteiger partial charge in [0.25, 0.3) is 0 Å². The summed E-state index contributed by atoms with van der Waals surface area (Å²) < 4.78 is 0. The molecule has 3 N–H and O–H groups in total. The number of aliphatic carboxylic acids is 1. The third-order valence-corrected chi connectivity index (χ3v) is 4.03. The van der Waals surface area contributed by atoms with Gasteiger partial charge in [-0.15, -0.1) is 0 Å². The first-order chi connectivity index (χ1) is 8.84. The lowest BCUT2D eigenvalue weighted by molar-refractivity contribution is -0.141. The number of hydrogen-bond acceptors (Lipinski definition) is 2. The van der Waals surface area contributed by atoms with Crippen molar-refractivity contribution in [1.29, 1.82) is 0 Å². The molecule has 1 rings (SSSR count). The van der Waals surface area contributed by atoms with E-state index in [-0.39, 0.29) is 18.6 Å². The maximum atomic E-state index is 11.7. The number of nitrogens with one attached hydrogen (secondary N) is 2. The zero-order valence-electron chi connectivity index (χ0n) is 12.2. The zero-order valence-corrected chi connectivity index (χ0v) is 12.2. The average Bonchev–Trinajstić information content (AvgIpc) is 2.32. The Kier molecular flexibility index (Phi) is 5.63. The van der Waals surface area contributed by atoms with Gasteiger partial charge >= 0.3 is 12.0 Å². The Hall–Kier alpha value is -1.26. The fourth-order valence-electron chi connectivity index (χ4n) is 2.40. The maximum Gasteiger partial charge on any atom is 0.315 e. The number of carboxylic acid groups (broad SMARTS) is 1. The second-order valence-corrected chi connectivity index (χ2v) is 6.24. The van der Waals surface area contributed by atoms with E-state index >= 15 is 0 Å². The summed E-state index contributed by atoms with van der Waals surface area (Å²) in [5.74, 6) is -1.36. The summed E-state index contributed by atoms with van der Waals surface area (Å²) in [4.78, 5) is 22.5. The van der Waals surface area contributed by atoms with Crippen molar-refractivity contribution in [1.82, 2.24) is 10.6 Å². The molecule has 110 valence electrons. The Morgan fingerprint density at radius 3 is 2.37 bits per heavy atom. The number of hydrogen-bond donors (Lipinski definition) is 3. The smallest absolute Gasteiger partial charge is 0.315 e. The molecule has 0 radical (unpaired) electrons. The van der Waals surface area contributed by atoms with E-state index in [1.807, 2.05) is 6.92 Å². The van der Waals surface area contributed by atoms with Crippen LogP contribution in [0.15, 0.2) is 0 Å². The van der Waals surface area contributed by atoms with E-state index < -0.39 is 11.9 Å². The highest BCUT2D eigenvalue weighted by Gasteiger charge is 2.27. The SMILES string of the molecule is CCC(CNC(=O)NC1CCC(C)(C)CC1)C(=O)O. The third-order valence-electron chi connectivity index (χ3n) is 4.03. The molecule has 1 unspecified atom stereocenters. The molecule has 19 heavy (non-hydrogen) atoms. The van der Waals surface area contributed by atoms with Crippen LogP contribution >= 0.6 is 0 Å². The quantitative estimate of drug-likeness (QED) is 0.717. The molecule has 1 aliphatic carbocycles. The molecule has 0 aliphatic heterocycles. The Morgan fingerprint density at radius 1 is 1.32 bits per heavy atom. The summed E-state index contributed by atoms with van der Waals surface area (Å²) in [7, 11) is 0. The number of rotatable bonds is 5. The van der Waals surface area contributed by atoms with E-state index in [0.717, 1.165) is 25.7 Å². The Balaban J connectivity index is 2.27. The average molecular weight is 270 g/mol. The lowest BCUT2D eigenvalue weighted by Crippen LogP contribution is -2.46. The highest BCUT2D eigenvalue weighted by molar-refractivity contribution is 5.76. The fraction of sp³-hybridized carbons (Fsp3) is 0.857. The monoisotopic (exact) mass is 270 g/mol. The minimum atomic E-state index is -0.859. The molecule has 0 spiro atoms. The normalized spacial score (nSPS) is 20.6. The van der Waals surface area contributed by atoms with E-state index in [0.29, 0.717) is 11.8 Å². The summed E-state index contributed by atoms with van der Waals surface area (Å²) in [6.45, 7) is 6.50. The van der Waals surface area contributed by atoms with Crippen LogP contribution in [0.3, 0.4) is 0 Å². The highest BCUT2D eigenvalue weighted by Crippen LogP contribution is 2.34. The van der Waals surface area contributed by atoms with E-state index in [4.69, 9.17) is 5.11 Å². The summed E-state index contributed by atoms with van der Waals surface area (Å²) in [5, 5.41) is 14.5. The largest absolute Gasteiger partial charge is 0.481 e. The van der Waals surface area contributed by atoms with Crippen molar-refractivity contribution in [2.45, 2.75) is 58.9 Å². The van der Waals surface area contributed by atoms with E-state index in [9.17, 15) is 9.59 Å². The number of urea groups is 1.